The number of rotatable bonds is 6. The molecule has 150 valence electrons. The van der Waals surface area contributed by atoms with Gasteiger partial charge in [-0.3, -0.25) is 4.79 Å². The number of pyridine rings is 1. The third kappa shape index (κ3) is 5.21. The molecule has 1 aliphatic heterocycles. The minimum atomic E-state index is -0.111. The molecule has 1 atom stereocenters. The lowest BCUT2D eigenvalue weighted by atomic mass is 10.0. The summed E-state index contributed by atoms with van der Waals surface area (Å²) < 4.78 is 0. The number of hydrogen-bond acceptors (Lipinski definition) is 3. The molecular weight excluding hydrogens is 358 g/mol. The Kier molecular flexibility index (Phi) is 6.52. The summed E-state index contributed by atoms with van der Waals surface area (Å²) in [5.74, 6) is -0.111. The minimum absolute atomic E-state index is 0.0137. The number of benzene rings is 2. The Labute approximate surface area is 173 Å². The number of fused-ring (bicyclic) bond motifs is 1. The van der Waals surface area contributed by atoms with Crippen molar-refractivity contribution in [2.45, 2.75) is 38.1 Å². The van der Waals surface area contributed by atoms with Gasteiger partial charge in [-0.25, -0.2) is 4.98 Å². The van der Waals surface area contributed by atoms with E-state index >= 15 is 0 Å². The Hall–Kier alpha value is -2.72. The van der Waals surface area contributed by atoms with Crippen LogP contribution in [-0.2, 0) is 0 Å². The molecule has 1 amide bonds. The second-order valence-corrected chi connectivity index (χ2v) is 7.87. The van der Waals surface area contributed by atoms with Gasteiger partial charge in [0.2, 0.25) is 0 Å². The van der Waals surface area contributed by atoms with Crippen molar-refractivity contribution in [1.29, 1.82) is 0 Å². The van der Waals surface area contributed by atoms with Gasteiger partial charge in [-0.05, 0) is 50.0 Å². The maximum absolute atomic E-state index is 13.0. The molecule has 4 heteroatoms. The van der Waals surface area contributed by atoms with E-state index in [0.717, 1.165) is 29.4 Å². The van der Waals surface area contributed by atoms with Gasteiger partial charge in [0.25, 0.3) is 5.91 Å². The van der Waals surface area contributed by atoms with Crippen molar-refractivity contribution in [3.63, 3.8) is 0 Å². The average Bonchev–Trinajstić information content (AvgIpc) is 3.05. The van der Waals surface area contributed by atoms with Crippen molar-refractivity contribution < 1.29 is 4.79 Å². The topological polar surface area (TPSA) is 45.2 Å². The summed E-state index contributed by atoms with van der Waals surface area (Å²) in [7, 11) is 0. The summed E-state index contributed by atoms with van der Waals surface area (Å²) in [6.07, 6.45) is 6.14. The maximum Gasteiger partial charge on any atom is 0.270 e. The smallest absolute Gasteiger partial charge is 0.270 e. The molecule has 0 spiro atoms. The maximum atomic E-state index is 13.0. The first kappa shape index (κ1) is 19.6. The molecule has 2 aromatic carbocycles. The lowest BCUT2D eigenvalue weighted by Crippen LogP contribution is -2.33. The van der Waals surface area contributed by atoms with Crippen molar-refractivity contribution in [3.05, 3.63) is 78.0 Å². The predicted octanol–water partition coefficient (Wildman–Crippen LogP) is 4.97. The Morgan fingerprint density at radius 1 is 0.897 bits per heavy atom. The second kappa shape index (κ2) is 9.66. The number of carbonyl (C=O) groups is 1. The highest BCUT2D eigenvalue weighted by molar-refractivity contribution is 5.95. The number of nitrogens with zero attached hydrogens (tertiary/aromatic N) is 2. The Bertz CT molecular complexity index is 933. The fraction of sp³-hybridized carbons (Fsp3) is 0.360. The van der Waals surface area contributed by atoms with Gasteiger partial charge < -0.3 is 10.2 Å². The van der Waals surface area contributed by atoms with E-state index in [1.54, 1.807) is 0 Å². The first-order chi connectivity index (χ1) is 14.3. The van der Waals surface area contributed by atoms with Crippen LogP contribution in [0.5, 0.6) is 0 Å². The molecule has 4 nitrogen and oxygen atoms in total. The molecule has 1 aliphatic rings. The number of carbonyl (C=O) groups excluding carboxylic acids is 1. The molecule has 29 heavy (non-hydrogen) atoms. The van der Waals surface area contributed by atoms with Crippen LogP contribution in [0.2, 0.25) is 0 Å². The third-order valence-electron chi connectivity index (χ3n) is 5.77. The molecule has 1 aromatic heterocycles. The number of hydrogen-bond donors (Lipinski definition) is 1. The molecule has 1 fully saturated rings. The van der Waals surface area contributed by atoms with E-state index < -0.39 is 0 Å². The van der Waals surface area contributed by atoms with Crippen LogP contribution in [0.4, 0.5) is 0 Å². The van der Waals surface area contributed by atoms with Crippen molar-refractivity contribution >= 4 is 16.8 Å². The predicted molar refractivity (Wildman–Crippen MR) is 118 cm³/mol. The monoisotopic (exact) mass is 387 g/mol. The number of aromatic nitrogens is 1. The fourth-order valence-electron chi connectivity index (χ4n) is 4.10. The molecule has 4 rings (SSSR count). The van der Waals surface area contributed by atoms with Gasteiger partial charge in [-0.2, -0.15) is 0 Å². The molecule has 0 bridgehead atoms. The summed E-state index contributed by atoms with van der Waals surface area (Å²) >= 11 is 0. The van der Waals surface area contributed by atoms with E-state index in [4.69, 9.17) is 0 Å². The van der Waals surface area contributed by atoms with Crippen molar-refractivity contribution in [2.75, 3.05) is 19.6 Å². The van der Waals surface area contributed by atoms with E-state index in [2.05, 4.69) is 27.3 Å². The molecule has 0 aliphatic carbocycles. The second-order valence-electron chi connectivity index (χ2n) is 7.87. The molecule has 3 aromatic rings. The standard InChI is InChI=1S/C25H29N3O/c29-25(24-15-14-21-12-6-7-13-22(21)26-24)27-23(20-10-4-3-5-11-20)16-19-28-17-8-1-2-9-18-28/h3-7,10-15,23H,1-2,8-9,16-19H2,(H,27,29). The number of likely N-dealkylation sites (tertiary alicyclic amines) is 1. The first-order valence-electron chi connectivity index (χ1n) is 10.7. The van der Waals surface area contributed by atoms with Crippen LogP contribution in [0, 0.1) is 0 Å². The lowest BCUT2D eigenvalue weighted by molar-refractivity contribution is 0.0926. The SMILES string of the molecule is O=C(NC(CCN1CCCCCC1)c1ccccc1)c1ccc2ccccc2n1. The zero-order chi connectivity index (χ0) is 19.9. The van der Waals surface area contributed by atoms with Gasteiger partial charge in [0.15, 0.2) is 0 Å². The van der Waals surface area contributed by atoms with Crippen LogP contribution in [-0.4, -0.2) is 35.4 Å². The van der Waals surface area contributed by atoms with Gasteiger partial charge in [-0.15, -0.1) is 0 Å². The third-order valence-corrected chi connectivity index (χ3v) is 5.77. The zero-order valence-electron chi connectivity index (χ0n) is 16.9. The summed E-state index contributed by atoms with van der Waals surface area (Å²) in [6.45, 7) is 3.34. The zero-order valence-corrected chi connectivity index (χ0v) is 16.9. The van der Waals surface area contributed by atoms with E-state index in [1.165, 1.54) is 38.8 Å². The number of para-hydroxylation sites is 1. The van der Waals surface area contributed by atoms with Gasteiger partial charge in [-0.1, -0.05) is 67.4 Å². The van der Waals surface area contributed by atoms with E-state index in [1.807, 2.05) is 54.6 Å². The Morgan fingerprint density at radius 2 is 1.62 bits per heavy atom. The van der Waals surface area contributed by atoms with Crippen LogP contribution in [0.15, 0.2) is 66.7 Å². The highest BCUT2D eigenvalue weighted by Gasteiger charge is 2.19. The number of amides is 1. The summed E-state index contributed by atoms with van der Waals surface area (Å²) in [6, 6.07) is 21.9. The lowest BCUT2D eigenvalue weighted by Gasteiger charge is -2.25. The average molecular weight is 388 g/mol. The van der Waals surface area contributed by atoms with Gasteiger partial charge in [0.1, 0.15) is 5.69 Å². The Balaban J connectivity index is 1.48. The molecule has 1 saturated heterocycles. The molecule has 2 heterocycles. The number of nitrogens with one attached hydrogen (secondary N) is 1. The fourth-order valence-corrected chi connectivity index (χ4v) is 4.10. The molecule has 0 saturated carbocycles. The largest absolute Gasteiger partial charge is 0.344 e. The van der Waals surface area contributed by atoms with Crippen LogP contribution >= 0.6 is 0 Å². The summed E-state index contributed by atoms with van der Waals surface area (Å²) in [4.78, 5) is 20.1. The first-order valence-corrected chi connectivity index (χ1v) is 10.7. The summed E-state index contributed by atoms with van der Waals surface area (Å²) in [5, 5.41) is 4.29. The Morgan fingerprint density at radius 3 is 2.41 bits per heavy atom. The molecule has 1 unspecified atom stereocenters. The van der Waals surface area contributed by atoms with Gasteiger partial charge in [0, 0.05) is 11.9 Å². The van der Waals surface area contributed by atoms with E-state index in [9.17, 15) is 4.79 Å². The highest BCUT2D eigenvalue weighted by atomic mass is 16.1. The quantitative estimate of drug-likeness (QED) is 0.649. The van der Waals surface area contributed by atoms with Crippen LogP contribution in [0.1, 0.15) is 54.2 Å². The summed E-state index contributed by atoms with van der Waals surface area (Å²) in [5.41, 5.74) is 2.47. The van der Waals surface area contributed by atoms with Crippen LogP contribution in [0.3, 0.4) is 0 Å². The van der Waals surface area contributed by atoms with E-state index in [0.29, 0.717) is 5.69 Å². The highest BCUT2D eigenvalue weighted by Crippen LogP contribution is 2.20. The normalized spacial score (nSPS) is 16.3. The molecule has 0 radical (unpaired) electrons. The minimum Gasteiger partial charge on any atom is -0.344 e. The van der Waals surface area contributed by atoms with Gasteiger partial charge >= 0.3 is 0 Å². The van der Waals surface area contributed by atoms with Crippen molar-refractivity contribution in [3.8, 4) is 0 Å². The van der Waals surface area contributed by atoms with Crippen molar-refractivity contribution in [2.24, 2.45) is 0 Å². The van der Waals surface area contributed by atoms with Gasteiger partial charge in [0.05, 0.1) is 11.6 Å². The molecule has 1 N–H and O–H groups in total. The van der Waals surface area contributed by atoms with Crippen LogP contribution in [0.25, 0.3) is 10.9 Å². The van der Waals surface area contributed by atoms with E-state index in [-0.39, 0.29) is 11.9 Å². The van der Waals surface area contributed by atoms with Crippen molar-refractivity contribution in [1.82, 2.24) is 15.2 Å². The van der Waals surface area contributed by atoms with Crippen LogP contribution < -0.4 is 5.32 Å². The molecular formula is C25H29N3O.